The molecule has 3 N–H and O–H groups in total. The van der Waals surface area contributed by atoms with Gasteiger partial charge in [0.05, 0.1) is 6.20 Å². The molecule has 0 aromatic carbocycles. The van der Waals surface area contributed by atoms with E-state index in [9.17, 15) is 9.59 Å². The molecular weight excluding hydrogens is 224 g/mol. The van der Waals surface area contributed by atoms with Gasteiger partial charge < -0.3 is 5.32 Å². The normalized spacial score (nSPS) is 10.5. The van der Waals surface area contributed by atoms with Gasteiger partial charge >= 0.3 is 5.69 Å². The van der Waals surface area contributed by atoms with Crippen LogP contribution in [-0.2, 0) is 13.6 Å². The van der Waals surface area contributed by atoms with Gasteiger partial charge in [0.15, 0.2) is 0 Å². The largest absolute Gasteiger partial charge is 0.360 e. The van der Waals surface area contributed by atoms with E-state index in [1.165, 1.54) is 0 Å². The molecule has 0 bridgehead atoms. The summed E-state index contributed by atoms with van der Waals surface area (Å²) in [6, 6.07) is 0. The number of aryl methyl sites for hydroxylation is 1. The molecule has 0 amide bonds. The van der Waals surface area contributed by atoms with Crippen molar-refractivity contribution < 1.29 is 0 Å². The Morgan fingerprint density at radius 2 is 2.24 bits per heavy atom. The van der Waals surface area contributed by atoms with E-state index in [1.807, 2.05) is 14.0 Å². The number of rotatable bonds is 3. The van der Waals surface area contributed by atoms with E-state index >= 15 is 0 Å². The highest BCUT2D eigenvalue weighted by molar-refractivity contribution is 5.31. The fourth-order valence-electron chi connectivity index (χ4n) is 1.36. The molecular formula is C9H12N6O2. The van der Waals surface area contributed by atoms with Crippen LogP contribution in [0.5, 0.6) is 0 Å². The first-order chi connectivity index (χ1) is 8.08. The number of hydrogen-bond acceptors (Lipinski definition) is 5. The summed E-state index contributed by atoms with van der Waals surface area (Å²) in [6.45, 7) is 2.34. The number of hydrogen-bond donors (Lipinski definition) is 3. The van der Waals surface area contributed by atoms with Gasteiger partial charge in [-0.1, -0.05) is 0 Å². The maximum absolute atomic E-state index is 11.3. The minimum absolute atomic E-state index is 0.0767. The first-order valence-electron chi connectivity index (χ1n) is 4.98. The second kappa shape index (κ2) is 4.24. The Morgan fingerprint density at radius 1 is 1.47 bits per heavy atom. The number of anilines is 1. The molecule has 0 spiro atoms. The Kier molecular flexibility index (Phi) is 2.77. The van der Waals surface area contributed by atoms with Gasteiger partial charge in [-0.05, 0) is 6.92 Å². The van der Waals surface area contributed by atoms with Crippen molar-refractivity contribution in [2.24, 2.45) is 7.05 Å². The first kappa shape index (κ1) is 11.1. The number of H-pyrrole nitrogens is 2. The summed E-state index contributed by atoms with van der Waals surface area (Å²) in [5.41, 5.74) is 0.784. The highest BCUT2D eigenvalue weighted by Gasteiger charge is 2.05. The summed E-state index contributed by atoms with van der Waals surface area (Å²) < 4.78 is 1.74. The number of aromatic nitrogens is 5. The van der Waals surface area contributed by atoms with Crippen LogP contribution in [-0.4, -0.2) is 25.0 Å². The Balaban J connectivity index is 2.15. The lowest BCUT2D eigenvalue weighted by Gasteiger charge is -2.03. The maximum Gasteiger partial charge on any atom is 0.342 e. The highest BCUT2D eigenvalue weighted by Crippen LogP contribution is 2.06. The monoisotopic (exact) mass is 236 g/mol. The second-order valence-corrected chi connectivity index (χ2v) is 3.59. The van der Waals surface area contributed by atoms with E-state index in [2.05, 4.69) is 25.6 Å². The van der Waals surface area contributed by atoms with Crippen LogP contribution in [0.2, 0.25) is 0 Å². The molecule has 0 aliphatic heterocycles. The van der Waals surface area contributed by atoms with E-state index in [-0.39, 0.29) is 5.82 Å². The van der Waals surface area contributed by atoms with E-state index in [1.54, 1.807) is 10.9 Å². The smallest absolute Gasteiger partial charge is 0.342 e. The van der Waals surface area contributed by atoms with E-state index in [0.717, 1.165) is 11.3 Å². The van der Waals surface area contributed by atoms with Crippen LogP contribution in [0.4, 0.5) is 5.82 Å². The van der Waals surface area contributed by atoms with Crippen molar-refractivity contribution in [1.29, 1.82) is 0 Å². The average molecular weight is 236 g/mol. The predicted octanol–water partition coefficient (Wildman–Crippen LogP) is -0.888. The molecule has 0 fully saturated rings. The molecule has 2 heterocycles. The maximum atomic E-state index is 11.3. The summed E-state index contributed by atoms with van der Waals surface area (Å²) in [5.74, 6) is 0.0767. The SMILES string of the molecule is Cc1c(CNc2n[nH]c(=O)[nH]c2=O)cnn1C. The summed E-state index contributed by atoms with van der Waals surface area (Å²) >= 11 is 0. The molecule has 0 aliphatic carbocycles. The van der Waals surface area contributed by atoms with Crippen LogP contribution >= 0.6 is 0 Å². The van der Waals surface area contributed by atoms with Crippen molar-refractivity contribution >= 4 is 5.82 Å². The molecule has 0 aliphatic rings. The zero-order valence-corrected chi connectivity index (χ0v) is 9.44. The Hall–Kier alpha value is -2.38. The van der Waals surface area contributed by atoms with Crippen LogP contribution in [0.3, 0.4) is 0 Å². The lowest BCUT2D eigenvalue weighted by molar-refractivity contribution is 0.738. The zero-order valence-electron chi connectivity index (χ0n) is 9.44. The lowest BCUT2D eigenvalue weighted by Crippen LogP contribution is -2.26. The van der Waals surface area contributed by atoms with Gasteiger partial charge in [0.25, 0.3) is 5.56 Å². The molecule has 0 unspecified atom stereocenters. The lowest BCUT2D eigenvalue weighted by atomic mass is 10.2. The average Bonchev–Trinajstić information content (AvgIpc) is 2.59. The number of nitrogens with zero attached hydrogens (tertiary/aromatic N) is 3. The highest BCUT2D eigenvalue weighted by atomic mass is 16.2. The van der Waals surface area contributed by atoms with Crippen molar-refractivity contribution in [2.45, 2.75) is 13.5 Å². The predicted molar refractivity (Wildman–Crippen MR) is 60.8 cm³/mol. The van der Waals surface area contributed by atoms with Crippen LogP contribution in [0.25, 0.3) is 0 Å². The molecule has 2 rings (SSSR count). The van der Waals surface area contributed by atoms with Gasteiger partial charge in [-0.15, -0.1) is 5.10 Å². The number of nitrogens with one attached hydrogen (secondary N) is 3. The molecule has 2 aromatic heterocycles. The first-order valence-corrected chi connectivity index (χ1v) is 4.98. The standard InChI is InChI=1S/C9H12N6O2/c1-5-6(4-11-15(5)2)3-10-7-8(16)12-9(17)14-13-7/h4H,3H2,1-2H3,(H,10,13)(H2,12,14,16,17). The van der Waals surface area contributed by atoms with Gasteiger partial charge in [0.2, 0.25) is 5.82 Å². The summed E-state index contributed by atoms with van der Waals surface area (Å²) in [6.07, 6.45) is 1.71. The van der Waals surface area contributed by atoms with E-state index in [4.69, 9.17) is 0 Å². The molecule has 2 aromatic rings. The third kappa shape index (κ3) is 2.25. The van der Waals surface area contributed by atoms with Crippen LogP contribution in [0, 0.1) is 6.92 Å². The molecule has 8 heteroatoms. The fourth-order valence-corrected chi connectivity index (χ4v) is 1.36. The summed E-state index contributed by atoms with van der Waals surface area (Å²) in [7, 11) is 1.84. The van der Waals surface area contributed by atoms with Crippen molar-refractivity contribution in [3.05, 3.63) is 38.3 Å². The van der Waals surface area contributed by atoms with Crippen molar-refractivity contribution in [2.75, 3.05) is 5.32 Å². The number of aromatic amines is 2. The van der Waals surface area contributed by atoms with Crippen LogP contribution in [0.1, 0.15) is 11.3 Å². The molecule has 17 heavy (non-hydrogen) atoms. The van der Waals surface area contributed by atoms with Crippen molar-refractivity contribution in [3.63, 3.8) is 0 Å². The summed E-state index contributed by atoms with van der Waals surface area (Å²) in [4.78, 5) is 24.2. The Labute approximate surface area is 95.7 Å². The quantitative estimate of drug-likeness (QED) is 0.640. The molecule has 0 saturated heterocycles. The van der Waals surface area contributed by atoms with E-state index < -0.39 is 11.2 Å². The topological polar surface area (TPSA) is 108 Å². The third-order valence-electron chi connectivity index (χ3n) is 2.49. The molecule has 0 saturated carbocycles. The van der Waals surface area contributed by atoms with Gasteiger partial charge in [-0.3, -0.25) is 14.5 Å². The zero-order chi connectivity index (χ0) is 12.4. The minimum atomic E-state index is -0.627. The van der Waals surface area contributed by atoms with Crippen molar-refractivity contribution in [1.82, 2.24) is 25.0 Å². The Bertz CT molecular complexity index is 637. The molecule has 90 valence electrons. The van der Waals surface area contributed by atoms with Crippen molar-refractivity contribution in [3.8, 4) is 0 Å². The summed E-state index contributed by atoms with van der Waals surface area (Å²) in [5, 5.41) is 12.7. The van der Waals surface area contributed by atoms with Gasteiger partial charge in [0, 0.05) is 24.8 Å². The van der Waals surface area contributed by atoms with Gasteiger partial charge in [-0.25, -0.2) is 9.89 Å². The third-order valence-corrected chi connectivity index (χ3v) is 2.49. The van der Waals surface area contributed by atoms with Crippen LogP contribution < -0.4 is 16.6 Å². The molecule has 0 radical (unpaired) electrons. The van der Waals surface area contributed by atoms with Crippen LogP contribution in [0.15, 0.2) is 15.8 Å². The fraction of sp³-hybridized carbons (Fsp3) is 0.333. The van der Waals surface area contributed by atoms with Gasteiger partial charge in [0.1, 0.15) is 0 Å². The second-order valence-electron chi connectivity index (χ2n) is 3.59. The minimum Gasteiger partial charge on any atom is -0.360 e. The molecule has 0 atom stereocenters. The molecule has 8 nitrogen and oxygen atoms in total. The van der Waals surface area contributed by atoms with E-state index in [0.29, 0.717) is 6.54 Å². The van der Waals surface area contributed by atoms with Gasteiger partial charge in [-0.2, -0.15) is 5.10 Å². The Morgan fingerprint density at radius 3 is 2.82 bits per heavy atom.